The van der Waals surface area contributed by atoms with Gasteiger partial charge in [-0.3, -0.25) is 0 Å². The molecular formula is C6H10N4. The summed E-state index contributed by atoms with van der Waals surface area (Å²) in [4.78, 5) is 8.05. The normalized spacial score (nSPS) is 11.1. The third-order valence-corrected chi connectivity index (χ3v) is 1.09. The van der Waals surface area contributed by atoms with Crippen molar-refractivity contribution in [2.45, 2.75) is 13.8 Å². The zero-order valence-electron chi connectivity index (χ0n) is 6.37. The lowest BCUT2D eigenvalue weighted by Crippen LogP contribution is -1.88. The fraction of sp³-hybridized carbons (Fsp3) is 0.500. The van der Waals surface area contributed by atoms with Crippen molar-refractivity contribution in [2.75, 3.05) is 0 Å². The van der Waals surface area contributed by atoms with Crippen LogP contribution in [0.2, 0.25) is 0 Å². The molecule has 4 heteroatoms. The fourth-order valence-corrected chi connectivity index (χ4v) is 0.729. The molecule has 0 radical (unpaired) electrons. The van der Waals surface area contributed by atoms with Crippen LogP contribution >= 0.6 is 0 Å². The van der Waals surface area contributed by atoms with Crippen LogP contribution in [0.5, 0.6) is 0 Å². The SMILES string of the molecule is CC=Nc1nc(C)nn1C. The van der Waals surface area contributed by atoms with Crippen molar-refractivity contribution in [3.05, 3.63) is 5.82 Å². The first-order valence-corrected chi connectivity index (χ1v) is 3.10. The van der Waals surface area contributed by atoms with Crippen molar-refractivity contribution in [3.63, 3.8) is 0 Å². The van der Waals surface area contributed by atoms with Crippen molar-refractivity contribution < 1.29 is 0 Å². The number of hydrogen-bond donors (Lipinski definition) is 0. The van der Waals surface area contributed by atoms with Crippen LogP contribution in [0.4, 0.5) is 5.95 Å². The van der Waals surface area contributed by atoms with Crippen molar-refractivity contribution in [1.82, 2.24) is 14.8 Å². The Bertz CT molecular complexity index is 248. The van der Waals surface area contributed by atoms with Gasteiger partial charge in [0.25, 0.3) is 0 Å². The molecule has 0 unspecified atom stereocenters. The maximum absolute atomic E-state index is 4.05. The molecule has 10 heavy (non-hydrogen) atoms. The molecule has 0 fully saturated rings. The first kappa shape index (κ1) is 6.92. The molecule has 0 spiro atoms. The van der Waals surface area contributed by atoms with Crippen LogP contribution in [0.15, 0.2) is 4.99 Å². The van der Waals surface area contributed by atoms with Gasteiger partial charge >= 0.3 is 0 Å². The maximum atomic E-state index is 4.05. The zero-order chi connectivity index (χ0) is 7.56. The molecule has 0 amide bonds. The van der Waals surface area contributed by atoms with Gasteiger partial charge in [0.05, 0.1) is 0 Å². The van der Waals surface area contributed by atoms with E-state index in [0.717, 1.165) is 5.82 Å². The number of hydrogen-bond acceptors (Lipinski definition) is 3. The summed E-state index contributed by atoms with van der Waals surface area (Å²) in [5.41, 5.74) is 0. The second kappa shape index (κ2) is 2.60. The van der Waals surface area contributed by atoms with E-state index in [-0.39, 0.29) is 0 Å². The van der Waals surface area contributed by atoms with Gasteiger partial charge in [-0.25, -0.2) is 9.67 Å². The van der Waals surface area contributed by atoms with Gasteiger partial charge in [0.1, 0.15) is 5.82 Å². The van der Waals surface area contributed by atoms with Crippen molar-refractivity contribution in [1.29, 1.82) is 0 Å². The highest BCUT2D eigenvalue weighted by Gasteiger charge is 1.98. The highest BCUT2D eigenvalue weighted by Crippen LogP contribution is 2.04. The van der Waals surface area contributed by atoms with Gasteiger partial charge in [0.2, 0.25) is 5.95 Å². The molecule has 1 aromatic rings. The van der Waals surface area contributed by atoms with Gasteiger partial charge in [0, 0.05) is 13.3 Å². The average Bonchev–Trinajstić information content (AvgIpc) is 2.13. The average molecular weight is 138 g/mol. The minimum absolute atomic E-state index is 0.653. The molecule has 0 N–H and O–H groups in total. The molecule has 0 aromatic carbocycles. The minimum atomic E-state index is 0.653. The first-order valence-electron chi connectivity index (χ1n) is 3.10. The van der Waals surface area contributed by atoms with E-state index in [2.05, 4.69) is 15.1 Å². The van der Waals surface area contributed by atoms with E-state index < -0.39 is 0 Å². The van der Waals surface area contributed by atoms with Crippen LogP contribution < -0.4 is 0 Å². The first-order chi connectivity index (χ1) is 4.74. The molecule has 1 heterocycles. The highest BCUT2D eigenvalue weighted by atomic mass is 15.4. The molecule has 4 nitrogen and oxygen atoms in total. The van der Waals surface area contributed by atoms with E-state index >= 15 is 0 Å². The van der Waals surface area contributed by atoms with E-state index in [9.17, 15) is 0 Å². The van der Waals surface area contributed by atoms with Crippen LogP contribution in [-0.2, 0) is 7.05 Å². The van der Waals surface area contributed by atoms with Gasteiger partial charge in [-0.05, 0) is 13.8 Å². The van der Waals surface area contributed by atoms with Crippen LogP contribution in [-0.4, -0.2) is 21.0 Å². The number of aliphatic imine (C=N–C) groups is 1. The van der Waals surface area contributed by atoms with Crippen LogP contribution in [0.1, 0.15) is 12.7 Å². The molecular weight excluding hydrogens is 128 g/mol. The second-order valence-electron chi connectivity index (χ2n) is 1.97. The third kappa shape index (κ3) is 1.21. The summed E-state index contributed by atoms with van der Waals surface area (Å²) in [7, 11) is 1.82. The molecule has 0 aliphatic carbocycles. The number of aromatic nitrogens is 3. The Labute approximate surface area is 59.6 Å². The summed E-state index contributed by atoms with van der Waals surface area (Å²) in [5, 5.41) is 4.02. The van der Waals surface area contributed by atoms with E-state index in [0.29, 0.717) is 5.95 Å². The molecule has 0 aliphatic rings. The number of aryl methyl sites for hydroxylation is 2. The predicted molar refractivity (Wildman–Crippen MR) is 39.6 cm³/mol. The predicted octanol–water partition coefficient (Wildman–Crippen LogP) is 0.846. The van der Waals surface area contributed by atoms with Crippen molar-refractivity contribution >= 4 is 12.2 Å². The minimum Gasteiger partial charge on any atom is -0.233 e. The molecule has 0 bridgehead atoms. The Morgan fingerprint density at radius 2 is 2.30 bits per heavy atom. The summed E-state index contributed by atoms with van der Waals surface area (Å²) in [5.74, 6) is 1.41. The molecule has 1 aromatic heterocycles. The molecule has 0 saturated carbocycles. The lowest BCUT2D eigenvalue weighted by Gasteiger charge is -1.87. The van der Waals surface area contributed by atoms with E-state index in [1.165, 1.54) is 0 Å². The van der Waals surface area contributed by atoms with Gasteiger partial charge < -0.3 is 0 Å². The molecule has 54 valence electrons. The fourth-order valence-electron chi connectivity index (χ4n) is 0.729. The van der Waals surface area contributed by atoms with Crippen LogP contribution in [0, 0.1) is 6.92 Å². The van der Waals surface area contributed by atoms with E-state index in [1.54, 1.807) is 10.9 Å². The quantitative estimate of drug-likeness (QED) is 0.540. The van der Waals surface area contributed by atoms with Gasteiger partial charge in [-0.1, -0.05) is 0 Å². The summed E-state index contributed by atoms with van der Waals surface area (Å²) in [6, 6.07) is 0. The van der Waals surface area contributed by atoms with Crippen molar-refractivity contribution in [3.8, 4) is 0 Å². The Hall–Kier alpha value is -1.19. The zero-order valence-corrected chi connectivity index (χ0v) is 6.37. The number of nitrogens with zero attached hydrogens (tertiary/aromatic N) is 4. The van der Waals surface area contributed by atoms with Crippen LogP contribution in [0.3, 0.4) is 0 Å². The third-order valence-electron chi connectivity index (χ3n) is 1.09. The van der Waals surface area contributed by atoms with Gasteiger partial charge in [-0.2, -0.15) is 10.1 Å². The summed E-state index contributed by atoms with van der Waals surface area (Å²) < 4.78 is 1.65. The largest absolute Gasteiger partial charge is 0.247 e. The van der Waals surface area contributed by atoms with Gasteiger partial charge in [0.15, 0.2) is 0 Å². The second-order valence-corrected chi connectivity index (χ2v) is 1.97. The lowest BCUT2D eigenvalue weighted by atomic mass is 10.7. The molecule has 0 saturated heterocycles. The maximum Gasteiger partial charge on any atom is 0.247 e. The Morgan fingerprint density at radius 1 is 1.60 bits per heavy atom. The van der Waals surface area contributed by atoms with E-state index in [4.69, 9.17) is 0 Å². The standard InChI is InChI=1S/C6H10N4/c1-4-7-6-8-5(2)9-10(6)3/h4H,1-3H3. The summed E-state index contributed by atoms with van der Waals surface area (Å²) in [6.07, 6.45) is 1.70. The molecule has 1 rings (SSSR count). The molecule has 0 aliphatic heterocycles. The van der Waals surface area contributed by atoms with Crippen LogP contribution in [0.25, 0.3) is 0 Å². The Balaban J connectivity index is 3.03. The molecule has 0 atom stereocenters. The van der Waals surface area contributed by atoms with Gasteiger partial charge in [-0.15, -0.1) is 0 Å². The Morgan fingerprint density at radius 3 is 2.70 bits per heavy atom. The summed E-state index contributed by atoms with van der Waals surface area (Å²) in [6.45, 7) is 3.69. The highest BCUT2D eigenvalue weighted by molar-refractivity contribution is 5.57. The number of rotatable bonds is 1. The lowest BCUT2D eigenvalue weighted by molar-refractivity contribution is 0.759. The topological polar surface area (TPSA) is 43.1 Å². The van der Waals surface area contributed by atoms with Crippen molar-refractivity contribution in [2.24, 2.45) is 12.0 Å². The van der Waals surface area contributed by atoms with E-state index in [1.807, 2.05) is 20.9 Å². The Kier molecular flexibility index (Phi) is 1.80. The smallest absolute Gasteiger partial charge is 0.233 e. The monoisotopic (exact) mass is 138 g/mol. The summed E-state index contributed by atoms with van der Waals surface area (Å²) >= 11 is 0.